The van der Waals surface area contributed by atoms with Crippen LogP contribution in [-0.2, 0) is 7.05 Å². The number of hydrogen-bond acceptors (Lipinski definition) is 5. The molecule has 0 aromatic carbocycles. The molecule has 6 nitrogen and oxygen atoms in total. The molecular formula is C8H11N5O. The Morgan fingerprint density at radius 1 is 1.57 bits per heavy atom. The fraction of sp³-hybridized carbons (Fsp3) is 0.375. The smallest absolute Gasteiger partial charge is 0.243 e. The molecule has 0 aliphatic rings. The molecule has 2 rings (SSSR count). The van der Waals surface area contributed by atoms with E-state index in [0.29, 0.717) is 11.7 Å². The fourth-order valence-electron chi connectivity index (χ4n) is 1.07. The minimum absolute atomic E-state index is 0.243. The lowest BCUT2D eigenvalue weighted by Crippen LogP contribution is -2.04. The Morgan fingerprint density at radius 3 is 2.86 bits per heavy atom. The maximum absolute atomic E-state index is 5.59. The Balaban J connectivity index is 2.33. The number of nitrogens with two attached hydrogens (primary N) is 1. The van der Waals surface area contributed by atoms with Crippen LogP contribution in [-0.4, -0.2) is 19.9 Å². The van der Waals surface area contributed by atoms with Crippen molar-refractivity contribution in [3.8, 4) is 11.4 Å². The van der Waals surface area contributed by atoms with Crippen LogP contribution in [0.25, 0.3) is 11.4 Å². The summed E-state index contributed by atoms with van der Waals surface area (Å²) < 4.78 is 6.64. The molecule has 0 amide bonds. The molecule has 0 bridgehead atoms. The highest BCUT2D eigenvalue weighted by Crippen LogP contribution is 2.16. The van der Waals surface area contributed by atoms with Crippen molar-refractivity contribution >= 4 is 0 Å². The summed E-state index contributed by atoms with van der Waals surface area (Å²) in [6.07, 6.45) is 3.49. The molecule has 2 heterocycles. The first-order valence-corrected chi connectivity index (χ1v) is 4.25. The van der Waals surface area contributed by atoms with Crippen LogP contribution in [0.4, 0.5) is 0 Å². The lowest BCUT2D eigenvalue weighted by atomic mass is 10.3. The molecule has 2 aromatic rings. The second-order valence-electron chi connectivity index (χ2n) is 3.15. The largest absolute Gasteiger partial charge is 0.337 e. The van der Waals surface area contributed by atoms with Gasteiger partial charge >= 0.3 is 0 Å². The van der Waals surface area contributed by atoms with E-state index in [9.17, 15) is 0 Å². The second-order valence-corrected chi connectivity index (χ2v) is 3.15. The zero-order valence-electron chi connectivity index (χ0n) is 8.01. The molecule has 0 aliphatic heterocycles. The van der Waals surface area contributed by atoms with Gasteiger partial charge in [0.25, 0.3) is 0 Å². The maximum atomic E-state index is 5.59. The van der Waals surface area contributed by atoms with Gasteiger partial charge in [-0.05, 0) is 6.92 Å². The van der Waals surface area contributed by atoms with Crippen molar-refractivity contribution < 1.29 is 4.52 Å². The van der Waals surface area contributed by atoms with E-state index in [1.54, 1.807) is 17.8 Å². The van der Waals surface area contributed by atoms with Crippen molar-refractivity contribution in [3.63, 3.8) is 0 Å². The third kappa shape index (κ3) is 1.51. The number of rotatable bonds is 2. The third-order valence-corrected chi connectivity index (χ3v) is 1.79. The molecule has 1 unspecified atom stereocenters. The molecule has 2 N–H and O–H groups in total. The van der Waals surface area contributed by atoms with Crippen LogP contribution in [0.15, 0.2) is 16.9 Å². The van der Waals surface area contributed by atoms with Gasteiger partial charge in [-0.25, -0.2) is 0 Å². The Kier molecular flexibility index (Phi) is 2.05. The van der Waals surface area contributed by atoms with E-state index in [4.69, 9.17) is 10.3 Å². The summed E-state index contributed by atoms with van der Waals surface area (Å²) in [5.41, 5.74) is 6.42. The minimum atomic E-state index is -0.243. The first-order chi connectivity index (χ1) is 6.66. The molecule has 0 saturated carbocycles. The molecule has 0 saturated heterocycles. The lowest BCUT2D eigenvalue weighted by molar-refractivity contribution is 0.362. The number of aryl methyl sites for hydroxylation is 1. The van der Waals surface area contributed by atoms with Gasteiger partial charge in [0.1, 0.15) is 0 Å². The maximum Gasteiger partial charge on any atom is 0.243 e. The SMILES string of the molecule is CC(N)c1nc(-c2cnn(C)c2)no1. The topological polar surface area (TPSA) is 82.8 Å². The predicted molar refractivity (Wildman–Crippen MR) is 49.1 cm³/mol. The summed E-state index contributed by atoms with van der Waals surface area (Å²) in [6.45, 7) is 1.79. The van der Waals surface area contributed by atoms with Gasteiger partial charge in [-0.3, -0.25) is 4.68 Å². The quantitative estimate of drug-likeness (QED) is 0.750. The molecule has 2 aromatic heterocycles. The first-order valence-electron chi connectivity index (χ1n) is 4.25. The van der Waals surface area contributed by atoms with E-state index in [2.05, 4.69) is 15.2 Å². The highest BCUT2D eigenvalue weighted by molar-refractivity contribution is 5.50. The van der Waals surface area contributed by atoms with Crippen LogP contribution in [0.1, 0.15) is 18.9 Å². The Labute approximate surface area is 80.7 Å². The highest BCUT2D eigenvalue weighted by atomic mass is 16.5. The van der Waals surface area contributed by atoms with Gasteiger partial charge in [0.15, 0.2) is 0 Å². The second kappa shape index (κ2) is 3.22. The van der Waals surface area contributed by atoms with Crippen LogP contribution in [0, 0.1) is 0 Å². The van der Waals surface area contributed by atoms with E-state index in [1.807, 2.05) is 13.2 Å². The molecule has 1 atom stereocenters. The van der Waals surface area contributed by atoms with Gasteiger partial charge < -0.3 is 10.3 Å². The van der Waals surface area contributed by atoms with Crippen LogP contribution in [0.5, 0.6) is 0 Å². The van der Waals surface area contributed by atoms with Crippen molar-refractivity contribution in [2.24, 2.45) is 12.8 Å². The van der Waals surface area contributed by atoms with Crippen molar-refractivity contribution in [1.29, 1.82) is 0 Å². The van der Waals surface area contributed by atoms with E-state index >= 15 is 0 Å². The van der Waals surface area contributed by atoms with Gasteiger partial charge in [-0.2, -0.15) is 10.1 Å². The highest BCUT2D eigenvalue weighted by Gasteiger charge is 2.12. The van der Waals surface area contributed by atoms with Gasteiger partial charge in [-0.1, -0.05) is 5.16 Å². The minimum Gasteiger partial charge on any atom is -0.337 e. The average Bonchev–Trinajstić information content (AvgIpc) is 2.70. The standard InChI is InChI=1S/C8H11N5O/c1-5(9)8-11-7(12-14-8)6-3-10-13(2)4-6/h3-5H,9H2,1-2H3. The summed E-state index contributed by atoms with van der Waals surface area (Å²) in [4.78, 5) is 4.14. The normalized spacial score (nSPS) is 13.1. The van der Waals surface area contributed by atoms with E-state index in [1.165, 1.54) is 0 Å². The van der Waals surface area contributed by atoms with Crippen LogP contribution < -0.4 is 5.73 Å². The molecule has 14 heavy (non-hydrogen) atoms. The number of aromatic nitrogens is 4. The average molecular weight is 193 g/mol. The Morgan fingerprint density at radius 2 is 2.36 bits per heavy atom. The molecular weight excluding hydrogens is 182 g/mol. The van der Waals surface area contributed by atoms with Crippen LogP contribution in [0.2, 0.25) is 0 Å². The number of nitrogens with zero attached hydrogens (tertiary/aromatic N) is 4. The van der Waals surface area contributed by atoms with Crippen molar-refractivity contribution in [1.82, 2.24) is 19.9 Å². The molecule has 6 heteroatoms. The number of hydrogen-bond donors (Lipinski definition) is 1. The summed E-state index contributed by atoms with van der Waals surface area (Å²) in [5.74, 6) is 0.953. The predicted octanol–water partition coefficient (Wildman–Crippen LogP) is 0.490. The summed E-state index contributed by atoms with van der Waals surface area (Å²) in [6, 6.07) is -0.243. The van der Waals surface area contributed by atoms with Gasteiger partial charge in [0.2, 0.25) is 11.7 Å². The first kappa shape index (κ1) is 8.89. The van der Waals surface area contributed by atoms with E-state index < -0.39 is 0 Å². The van der Waals surface area contributed by atoms with Gasteiger partial charge in [0.05, 0.1) is 17.8 Å². The lowest BCUT2D eigenvalue weighted by Gasteiger charge is -1.92. The van der Waals surface area contributed by atoms with Crippen molar-refractivity contribution in [2.75, 3.05) is 0 Å². The Bertz CT molecular complexity index is 430. The van der Waals surface area contributed by atoms with Crippen molar-refractivity contribution in [3.05, 3.63) is 18.3 Å². The zero-order valence-corrected chi connectivity index (χ0v) is 8.01. The monoisotopic (exact) mass is 193 g/mol. The van der Waals surface area contributed by atoms with Crippen LogP contribution in [0.3, 0.4) is 0 Å². The van der Waals surface area contributed by atoms with Gasteiger partial charge in [0, 0.05) is 13.2 Å². The molecule has 0 aliphatic carbocycles. The van der Waals surface area contributed by atoms with Crippen molar-refractivity contribution in [2.45, 2.75) is 13.0 Å². The summed E-state index contributed by atoms with van der Waals surface area (Å²) >= 11 is 0. The third-order valence-electron chi connectivity index (χ3n) is 1.79. The van der Waals surface area contributed by atoms with E-state index in [-0.39, 0.29) is 6.04 Å². The summed E-state index contributed by atoms with van der Waals surface area (Å²) in [5, 5.41) is 7.81. The molecule has 74 valence electrons. The van der Waals surface area contributed by atoms with Crippen LogP contribution >= 0.6 is 0 Å². The molecule has 0 radical (unpaired) electrons. The van der Waals surface area contributed by atoms with E-state index in [0.717, 1.165) is 5.56 Å². The van der Waals surface area contributed by atoms with Gasteiger partial charge in [-0.15, -0.1) is 0 Å². The zero-order chi connectivity index (χ0) is 10.1. The molecule has 0 spiro atoms. The molecule has 0 fully saturated rings. The fourth-order valence-corrected chi connectivity index (χ4v) is 1.07. The summed E-state index contributed by atoms with van der Waals surface area (Å²) in [7, 11) is 1.83. The Hall–Kier alpha value is -1.69.